The van der Waals surface area contributed by atoms with E-state index in [-0.39, 0.29) is 11.3 Å². The van der Waals surface area contributed by atoms with Gasteiger partial charge in [0.1, 0.15) is 17.1 Å². The van der Waals surface area contributed by atoms with Gasteiger partial charge in [-0.2, -0.15) is 0 Å². The second-order valence-corrected chi connectivity index (χ2v) is 9.08. The van der Waals surface area contributed by atoms with E-state index in [0.29, 0.717) is 42.4 Å². The highest BCUT2D eigenvalue weighted by Gasteiger charge is 2.46. The monoisotopic (exact) mass is 476 g/mol. The highest BCUT2D eigenvalue weighted by molar-refractivity contribution is 6.46. The SMILES string of the molecule is CCOc1ccc(C2/C(=C(\O)c3c(C)nc4c(C)cccn34)C(=O)C(=O)N2CCCN(C)C)cc1. The fourth-order valence-electron chi connectivity index (χ4n) is 4.66. The van der Waals surface area contributed by atoms with Crippen LogP contribution in [0.25, 0.3) is 11.4 Å². The summed E-state index contributed by atoms with van der Waals surface area (Å²) in [6.07, 6.45) is 2.50. The number of rotatable bonds is 8. The second-order valence-electron chi connectivity index (χ2n) is 9.08. The number of amides is 1. The molecule has 1 N–H and O–H groups in total. The zero-order chi connectivity index (χ0) is 25.3. The van der Waals surface area contributed by atoms with Crippen LogP contribution >= 0.6 is 0 Å². The number of carbonyl (C=O) groups excluding carboxylic acids is 2. The van der Waals surface area contributed by atoms with Crippen molar-refractivity contribution in [1.29, 1.82) is 0 Å². The van der Waals surface area contributed by atoms with Crippen LogP contribution < -0.4 is 4.74 Å². The van der Waals surface area contributed by atoms with Crippen molar-refractivity contribution in [3.63, 3.8) is 0 Å². The van der Waals surface area contributed by atoms with Crippen molar-refractivity contribution in [2.45, 2.75) is 33.2 Å². The molecule has 4 rings (SSSR count). The number of pyridine rings is 1. The Labute approximate surface area is 205 Å². The number of hydrogen-bond acceptors (Lipinski definition) is 6. The number of Topliss-reactive ketones (excluding diaryl/α,β-unsaturated/α-hetero) is 1. The molecule has 8 heteroatoms. The predicted molar refractivity (Wildman–Crippen MR) is 134 cm³/mol. The van der Waals surface area contributed by atoms with E-state index in [1.165, 1.54) is 0 Å². The number of aromatic nitrogens is 2. The molecule has 1 aliphatic heterocycles. The molecule has 1 aliphatic rings. The number of ketones is 1. The number of carbonyl (C=O) groups is 2. The lowest BCUT2D eigenvalue weighted by molar-refractivity contribution is -0.139. The maximum absolute atomic E-state index is 13.3. The molecule has 1 fully saturated rings. The van der Waals surface area contributed by atoms with E-state index in [9.17, 15) is 14.7 Å². The fraction of sp³-hybridized carbons (Fsp3) is 0.370. The number of nitrogens with zero attached hydrogens (tertiary/aromatic N) is 4. The number of imidazole rings is 1. The van der Waals surface area contributed by atoms with E-state index in [4.69, 9.17) is 4.74 Å². The third kappa shape index (κ3) is 4.53. The Morgan fingerprint density at radius 1 is 1.14 bits per heavy atom. The second kappa shape index (κ2) is 9.92. The Hall–Kier alpha value is -3.65. The van der Waals surface area contributed by atoms with Crippen LogP contribution in [0.15, 0.2) is 48.2 Å². The van der Waals surface area contributed by atoms with Crippen molar-refractivity contribution in [2.75, 3.05) is 33.8 Å². The molecule has 1 atom stereocenters. The molecular weight excluding hydrogens is 444 g/mol. The van der Waals surface area contributed by atoms with Crippen LogP contribution in [0.1, 0.15) is 41.9 Å². The Bertz CT molecular complexity index is 1290. The van der Waals surface area contributed by atoms with Crippen LogP contribution in [0.4, 0.5) is 0 Å². The first-order chi connectivity index (χ1) is 16.7. The summed E-state index contributed by atoms with van der Waals surface area (Å²) in [6.45, 7) is 7.34. The minimum Gasteiger partial charge on any atom is -0.505 e. The van der Waals surface area contributed by atoms with Crippen molar-refractivity contribution >= 4 is 23.1 Å². The first kappa shape index (κ1) is 24.5. The quantitative estimate of drug-likeness (QED) is 0.303. The lowest BCUT2D eigenvalue weighted by Gasteiger charge is -2.26. The summed E-state index contributed by atoms with van der Waals surface area (Å²) in [4.78, 5) is 34.7. The number of likely N-dealkylation sites (tertiary alicyclic amines) is 1. The van der Waals surface area contributed by atoms with Gasteiger partial charge in [-0.05, 0) is 77.2 Å². The highest BCUT2D eigenvalue weighted by Crippen LogP contribution is 2.40. The number of hydrogen-bond donors (Lipinski definition) is 1. The average molecular weight is 477 g/mol. The van der Waals surface area contributed by atoms with Gasteiger partial charge in [0, 0.05) is 12.7 Å². The van der Waals surface area contributed by atoms with E-state index in [0.717, 1.165) is 17.7 Å². The molecule has 1 unspecified atom stereocenters. The maximum atomic E-state index is 13.3. The molecule has 0 spiro atoms. The number of aryl methyl sites for hydroxylation is 2. The Balaban J connectivity index is 1.87. The zero-order valence-electron chi connectivity index (χ0n) is 20.9. The van der Waals surface area contributed by atoms with Gasteiger partial charge in [0.05, 0.1) is 23.9 Å². The van der Waals surface area contributed by atoms with Crippen LogP contribution in [-0.2, 0) is 9.59 Å². The van der Waals surface area contributed by atoms with Gasteiger partial charge >= 0.3 is 0 Å². The lowest BCUT2D eigenvalue weighted by Crippen LogP contribution is -2.32. The average Bonchev–Trinajstić information content (AvgIpc) is 3.29. The summed E-state index contributed by atoms with van der Waals surface area (Å²) in [5.41, 5.74) is 3.47. The smallest absolute Gasteiger partial charge is 0.295 e. The lowest BCUT2D eigenvalue weighted by atomic mass is 9.96. The molecule has 0 aliphatic carbocycles. The minimum atomic E-state index is -0.706. The van der Waals surface area contributed by atoms with Gasteiger partial charge in [-0.15, -0.1) is 0 Å². The van der Waals surface area contributed by atoms with Gasteiger partial charge in [0.15, 0.2) is 5.76 Å². The van der Waals surface area contributed by atoms with Gasteiger partial charge in [-0.25, -0.2) is 4.98 Å². The van der Waals surface area contributed by atoms with Gasteiger partial charge in [0.25, 0.3) is 11.7 Å². The summed E-state index contributed by atoms with van der Waals surface area (Å²) in [5, 5.41) is 11.6. The molecule has 8 nitrogen and oxygen atoms in total. The molecule has 3 heterocycles. The van der Waals surface area contributed by atoms with Gasteiger partial charge in [-0.1, -0.05) is 18.2 Å². The Kier molecular flexibility index (Phi) is 6.93. The number of fused-ring (bicyclic) bond motifs is 1. The number of aliphatic hydroxyl groups is 1. The minimum absolute atomic E-state index is 0.0791. The van der Waals surface area contributed by atoms with Crippen LogP contribution in [0.3, 0.4) is 0 Å². The topological polar surface area (TPSA) is 87.4 Å². The largest absolute Gasteiger partial charge is 0.505 e. The molecule has 0 saturated carbocycles. The third-order valence-electron chi connectivity index (χ3n) is 6.29. The molecule has 0 radical (unpaired) electrons. The van der Waals surface area contributed by atoms with E-state index in [1.807, 2.05) is 69.2 Å². The van der Waals surface area contributed by atoms with Crippen LogP contribution in [0, 0.1) is 13.8 Å². The predicted octanol–water partition coefficient (Wildman–Crippen LogP) is 3.72. The molecular formula is C27H32N4O4. The van der Waals surface area contributed by atoms with E-state index >= 15 is 0 Å². The van der Waals surface area contributed by atoms with Crippen molar-refractivity contribution in [1.82, 2.24) is 19.2 Å². The summed E-state index contributed by atoms with van der Waals surface area (Å²) in [6, 6.07) is 10.4. The number of aliphatic hydroxyl groups excluding tert-OH is 1. The zero-order valence-corrected chi connectivity index (χ0v) is 20.9. The molecule has 3 aromatic rings. The molecule has 2 aromatic heterocycles. The number of ether oxygens (including phenoxy) is 1. The summed E-state index contributed by atoms with van der Waals surface area (Å²) in [7, 11) is 3.93. The van der Waals surface area contributed by atoms with E-state index in [2.05, 4.69) is 4.98 Å². The summed E-state index contributed by atoms with van der Waals surface area (Å²) >= 11 is 0. The van der Waals surface area contributed by atoms with Crippen molar-refractivity contribution < 1.29 is 19.4 Å². The molecule has 0 bridgehead atoms. The molecule has 35 heavy (non-hydrogen) atoms. The van der Waals surface area contributed by atoms with Crippen molar-refractivity contribution in [3.05, 3.63) is 70.7 Å². The normalized spacial score (nSPS) is 17.7. The Morgan fingerprint density at radius 3 is 2.51 bits per heavy atom. The van der Waals surface area contributed by atoms with Gasteiger partial charge < -0.3 is 19.6 Å². The van der Waals surface area contributed by atoms with Crippen LogP contribution in [0.2, 0.25) is 0 Å². The molecule has 1 amide bonds. The van der Waals surface area contributed by atoms with Crippen LogP contribution in [-0.4, -0.2) is 69.8 Å². The summed E-state index contributed by atoms with van der Waals surface area (Å²) in [5.74, 6) is -0.804. The fourth-order valence-corrected chi connectivity index (χ4v) is 4.66. The third-order valence-corrected chi connectivity index (χ3v) is 6.29. The van der Waals surface area contributed by atoms with E-state index < -0.39 is 17.7 Å². The molecule has 1 saturated heterocycles. The Morgan fingerprint density at radius 2 is 1.86 bits per heavy atom. The number of benzene rings is 1. The first-order valence-corrected chi connectivity index (χ1v) is 11.8. The van der Waals surface area contributed by atoms with Crippen molar-refractivity contribution in [3.8, 4) is 5.75 Å². The van der Waals surface area contributed by atoms with Gasteiger partial charge in [0.2, 0.25) is 0 Å². The van der Waals surface area contributed by atoms with Gasteiger partial charge in [-0.3, -0.25) is 14.0 Å². The van der Waals surface area contributed by atoms with E-state index in [1.54, 1.807) is 22.4 Å². The highest BCUT2D eigenvalue weighted by atomic mass is 16.5. The van der Waals surface area contributed by atoms with Crippen molar-refractivity contribution in [2.24, 2.45) is 0 Å². The standard InChI is InChI=1S/C27H32N4O4/c1-6-35-20-12-10-19(11-13-20)23-21(25(33)27(34)31(23)16-8-14-29(4)5)24(32)22-18(3)28-26-17(2)9-7-15-30(22)26/h7,9-13,15,23,32H,6,8,14,16H2,1-5H3/b24-21+. The maximum Gasteiger partial charge on any atom is 0.295 e. The van der Waals surface area contributed by atoms with Crippen LogP contribution in [0.5, 0.6) is 5.75 Å². The first-order valence-electron chi connectivity index (χ1n) is 11.8. The summed E-state index contributed by atoms with van der Waals surface area (Å²) < 4.78 is 7.34. The molecule has 184 valence electrons. The molecule has 1 aromatic carbocycles.